The molecule has 0 fully saturated rings. The maximum absolute atomic E-state index is 13.8. The fourth-order valence-electron chi connectivity index (χ4n) is 3.51. The number of anilines is 1. The van der Waals surface area contributed by atoms with Crippen molar-refractivity contribution in [2.45, 2.75) is 13.1 Å². The van der Waals surface area contributed by atoms with Crippen LogP contribution in [0.25, 0.3) is 16.9 Å². The van der Waals surface area contributed by atoms with Crippen LogP contribution in [0, 0.1) is 6.92 Å². The van der Waals surface area contributed by atoms with Gasteiger partial charge in [0.15, 0.2) is 28.5 Å². The zero-order valence-electron chi connectivity index (χ0n) is 19.2. The van der Waals surface area contributed by atoms with Crippen LogP contribution in [0.4, 0.5) is 18.9 Å². The Morgan fingerprint density at radius 2 is 1.57 bits per heavy atom. The standard InChI is InChI=1S/C24H21F3N4O4/c1-13-5-7-14(8-6-13)16-11-20(24(25,26)27)31-21(29-16)12-17(30-31)23(32)28-15-9-18(33-2)22(35-4)19(10-15)34-3/h5-12H,1-4H3,(H,28,32). The molecule has 2 aromatic heterocycles. The molecule has 0 aliphatic heterocycles. The number of fused-ring (bicyclic) bond motifs is 1. The third kappa shape index (κ3) is 4.70. The summed E-state index contributed by atoms with van der Waals surface area (Å²) in [6.45, 7) is 1.87. The van der Waals surface area contributed by atoms with Crippen LogP contribution in [-0.4, -0.2) is 41.8 Å². The number of benzene rings is 2. The van der Waals surface area contributed by atoms with Crippen LogP contribution >= 0.6 is 0 Å². The molecule has 4 aromatic rings. The van der Waals surface area contributed by atoms with E-state index >= 15 is 0 Å². The number of hydrogen-bond donors (Lipinski definition) is 1. The highest BCUT2D eigenvalue weighted by atomic mass is 19.4. The maximum Gasteiger partial charge on any atom is 0.433 e. The van der Waals surface area contributed by atoms with E-state index in [-0.39, 0.29) is 22.7 Å². The molecule has 0 radical (unpaired) electrons. The van der Waals surface area contributed by atoms with Crippen molar-refractivity contribution in [3.05, 3.63) is 65.5 Å². The molecule has 0 atom stereocenters. The van der Waals surface area contributed by atoms with E-state index in [2.05, 4.69) is 15.4 Å². The summed E-state index contributed by atoms with van der Waals surface area (Å²) >= 11 is 0. The molecule has 0 saturated carbocycles. The van der Waals surface area contributed by atoms with E-state index in [0.29, 0.717) is 27.3 Å². The van der Waals surface area contributed by atoms with E-state index in [4.69, 9.17) is 14.2 Å². The van der Waals surface area contributed by atoms with Crippen molar-refractivity contribution < 1.29 is 32.2 Å². The first-order valence-electron chi connectivity index (χ1n) is 10.3. The molecule has 0 unspecified atom stereocenters. The van der Waals surface area contributed by atoms with Crippen molar-refractivity contribution in [2.24, 2.45) is 0 Å². The molecule has 1 amide bonds. The molecule has 11 heteroatoms. The number of carbonyl (C=O) groups is 1. The summed E-state index contributed by atoms with van der Waals surface area (Å²) < 4.78 is 57.9. The minimum absolute atomic E-state index is 0.112. The van der Waals surface area contributed by atoms with Crippen LogP contribution in [-0.2, 0) is 6.18 Å². The van der Waals surface area contributed by atoms with Crippen molar-refractivity contribution >= 4 is 17.2 Å². The first kappa shape index (κ1) is 23.9. The van der Waals surface area contributed by atoms with Crippen LogP contribution in [0.2, 0.25) is 0 Å². The third-order valence-corrected chi connectivity index (χ3v) is 5.22. The Bertz CT molecular complexity index is 1370. The van der Waals surface area contributed by atoms with E-state index in [1.165, 1.54) is 39.5 Å². The number of amides is 1. The molecule has 35 heavy (non-hydrogen) atoms. The highest BCUT2D eigenvalue weighted by Crippen LogP contribution is 2.40. The van der Waals surface area contributed by atoms with E-state index in [9.17, 15) is 18.0 Å². The summed E-state index contributed by atoms with van der Waals surface area (Å²) in [5.41, 5.74) is 0.426. The molecule has 4 rings (SSSR count). The molecule has 0 aliphatic carbocycles. The van der Waals surface area contributed by atoms with Crippen LogP contribution in [0.5, 0.6) is 17.2 Å². The van der Waals surface area contributed by atoms with Gasteiger partial charge in [-0.1, -0.05) is 29.8 Å². The topological polar surface area (TPSA) is 87.0 Å². The average Bonchev–Trinajstić information content (AvgIpc) is 3.27. The van der Waals surface area contributed by atoms with Gasteiger partial charge in [0.25, 0.3) is 5.91 Å². The number of hydrogen-bond acceptors (Lipinski definition) is 6. The Hall–Kier alpha value is -4.28. The number of methoxy groups -OCH3 is 3. The summed E-state index contributed by atoms with van der Waals surface area (Å²) in [6, 6.07) is 12.0. The molecule has 1 N–H and O–H groups in total. The molecule has 182 valence electrons. The number of aromatic nitrogens is 3. The first-order chi connectivity index (χ1) is 16.6. The highest BCUT2D eigenvalue weighted by molar-refractivity contribution is 6.03. The minimum atomic E-state index is -4.73. The fraction of sp³-hybridized carbons (Fsp3) is 0.208. The van der Waals surface area contributed by atoms with Gasteiger partial charge in [-0.15, -0.1) is 0 Å². The van der Waals surface area contributed by atoms with Gasteiger partial charge in [0.2, 0.25) is 5.75 Å². The molecular weight excluding hydrogens is 465 g/mol. The molecule has 0 aliphatic rings. The van der Waals surface area contributed by atoms with Gasteiger partial charge >= 0.3 is 6.18 Å². The quantitative estimate of drug-likeness (QED) is 0.413. The number of ether oxygens (including phenoxy) is 3. The lowest BCUT2D eigenvalue weighted by molar-refractivity contribution is -0.142. The van der Waals surface area contributed by atoms with Gasteiger partial charge < -0.3 is 19.5 Å². The maximum atomic E-state index is 13.8. The second kappa shape index (κ2) is 9.16. The lowest BCUT2D eigenvalue weighted by Crippen LogP contribution is -2.16. The fourth-order valence-corrected chi connectivity index (χ4v) is 3.51. The zero-order valence-corrected chi connectivity index (χ0v) is 19.2. The SMILES string of the molecule is COc1cc(NC(=O)c2cc3nc(-c4ccc(C)cc4)cc(C(F)(F)F)n3n2)cc(OC)c1OC. The largest absolute Gasteiger partial charge is 0.493 e. The summed E-state index contributed by atoms with van der Waals surface area (Å²) in [5, 5.41) is 6.47. The Kier molecular flexibility index (Phi) is 6.25. The lowest BCUT2D eigenvalue weighted by Gasteiger charge is -2.14. The van der Waals surface area contributed by atoms with Crippen LogP contribution in [0.15, 0.2) is 48.5 Å². The summed E-state index contributed by atoms with van der Waals surface area (Å²) in [5.74, 6) is 0.167. The van der Waals surface area contributed by atoms with Crippen LogP contribution < -0.4 is 19.5 Å². The number of rotatable bonds is 6. The van der Waals surface area contributed by atoms with Crippen LogP contribution in [0.1, 0.15) is 21.7 Å². The lowest BCUT2D eigenvalue weighted by atomic mass is 10.1. The number of alkyl halides is 3. The normalized spacial score (nSPS) is 11.4. The van der Waals surface area contributed by atoms with Gasteiger partial charge in [-0.25, -0.2) is 9.50 Å². The predicted molar refractivity (Wildman–Crippen MR) is 122 cm³/mol. The molecule has 0 spiro atoms. The second-order valence-electron chi connectivity index (χ2n) is 7.56. The number of carbonyl (C=O) groups excluding carboxylic acids is 1. The number of nitrogens with zero attached hydrogens (tertiary/aromatic N) is 3. The minimum Gasteiger partial charge on any atom is -0.493 e. The van der Waals surface area contributed by atoms with Crippen molar-refractivity contribution in [1.29, 1.82) is 0 Å². The summed E-state index contributed by atoms with van der Waals surface area (Å²) in [6.07, 6.45) is -4.73. The molecule has 0 bridgehead atoms. The predicted octanol–water partition coefficient (Wildman–Crippen LogP) is 5.00. The highest BCUT2D eigenvalue weighted by Gasteiger charge is 2.35. The van der Waals surface area contributed by atoms with Crippen LogP contribution in [0.3, 0.4) is 0 Å². The van der Waals surface area contributed by atoms with E-state index in [1.54, 1.807) is 24.3 Å². The van der Waals surface area contributed by atoms with Gasteiger partial charge in [0.1, 0.15) is 0 Å². The first-order valence-corrected chi connectivity index (χ1v) is 10.3. The molecule has 0 saturated heterocycles. The van der Waals surface area contributed by atoms with Gasteiger partial charge in [-0.05, 0) is 13.0 Å². The third-order valence-electron chi connectivity index (χ3n) is 5.22. The Morgan fingerprint density at radius 1 is 0.943 bits per heavy atom. The molecular formula is C24H21F3N4O4. The monoisotopic (exact) mass is 486 g/mol. The van der Waals surface area contributed by atoms with Gasteiger partial charge in [-0.3, -0.25) is 4.79 Å². The van der Waals surface area contributed by atoms with Crippen molar-refractivity contribution in [3.63, 3.8) is 0 Å². The molecule has 2 heterocycles. The Labute approximate surface area is 198 Å². The van der Waals surface area contributed by atoms with Crippen molar-refractivity contribution in [2.75, 3.05) is 26.6 Å². The number of halogens is 3. The van der Waals surface area contributed by atoms with Gasteiger partial charge in [0.05, 0.1) is 27.0 Å². The second-order valence-corrected chi connectivity index (χ2v) is 7.56. The smallest absolute Gasteiger partial charge is 0.433 e. The molecule has 2 aromatic carbocycles. The van der Waals surface area contributed by atoms with Crippen molar-refractivity contribution in [3.8, 4) is 28.5 Å². The Morgan fingerprint density at radius 3 is 2.11 bits per heavy atom. The Balaban J connectivity index is 1.75. The zero-order chi connectivity index (χ0) is 25.3. The van der Waals surface area contributed by atoms with Gasteiger partial charge in [-0.2, -0.15) is 18.3 Å². The van der Waals surface area contributed by atoms with E-state index in [0.717, 1.165) is 11.6 Å². The summed E-state index contributed by atoms with van der Waals surface area (Å²) in [7, 11) is 4.27. The van der Waals surface area contributed by atoms with E-state index < -0.39 is 17.8 Å². The number of aryl methyl sites for hydroxylation is 1. The average molecular weight is 486 g/mol. The van der Waals surface area contributed by atoms with Gasteiger partial charge in [0, 0.05) is 29.4 Å². The van der Waals surface area contributed by atoms with Crippen molar-refractivity contribution in [1.82, 2.24) is 14.6 Å². The molecule has 8 nitrogen and oxygen atoms in total. The number of nitrogens with one attached hydrogen (secondary N) is 1. The van der Waals surface area contributed by atoms with E-state index in [1.807, 2.05) is 6.92 Å². The summed E-state index contributed by atoms with van der Waals surface area (Å²) in [4.78, 5) is 17.2.